The molecule has 21 heavy (non-hydrogen) atoms. The molecule has 4 nitrogen and oxygen atoms in total. The minimum Gasteiger partial charge on any atom is -0.493 e. The zero-order chi connectivity index (χ0) is 15.9. The number of likely N-dealkylation sites (N-methyl/N-ethyl adjacent to an activating group) is 1. The molecule has 6 heteroatoms. The van der Waals surface area contributed by atoms with E-state index in [0.29, 0.717) is 25.8 Å². The van der Waals surface area contributed by atoms with E-state index in [9.17, 15) is 18.7 Å². The van der Waals surface area contributed by atoms with Crippen LogP contribution in [0.2, 0.25) is 0 Å². The monoisotopic (exact) mass is 301 g/mol. The maximum Gasteiger partial charge on any atom is 0.323 e. The van der Waals surface area contributed by atoms with E-state index in [-0.39, 0.29) is 12.4 Å². The third kappa shape index (κ3) is 4.97. The number of carboxylic acid groups (broad SMARTS) is 1. The molecule has 0 aliphatic heterocycles. The third-order valence-electron chi connectivity index (χ3n) is 3.38. The van der Waals surface area contributed by atoms with Gasteiger partial charge < -0.3 is 15.2 Å². The van der Waals surface area contributed by atoms with Crippen molar-refractivity contribution in [3.63, 3.8) is 0 Å². The van der Waals surface area contributed by atoms with E-state index < -0.39 is 23.1 Å². The summed E-state index contributed by atoms with van der Waals surface area (Å²) in [5.41, 5.74) is -0.981. The van der Waals surface area contributed by atoms with Crippen LogP contribution in [-0.2, 0) is 4.79 Å². The van der Waals surface area contributed by atoms with Crippen molar-refractivity contribution in [2.45, 2.75) is 38.6 Å². The van der Waals surface area contributed by atoms with Gasteiger partial charge in [-0.25, -0.2) is 8.78 Å². The predicted molar refractivity (Wildman–Crippen MR) is 75.4 cm³/mol. The molecule has 1 aromatic rings. The second-order valence-corrected chi connectivity index (χ2v) is 4.83. The Morgan fingerprint density at radius 2 is 1.90 bits per heavy atom. The van der Waals surface area contributed by atoms with Gasteiger partial charge in [-0.1, -0.05) is 13.8 Å². The first kappa shape index (κ1) is 17.4. The summed E-state index contributed by atoms with van der Waals surface area (Å²) in [6.07, 6.45) is 1.29. The molecular weight excluding hydrogens is 280 g/mol. The Bertz CT molecular complexity index is 462. The SMILES string of the molecule is CCNC(CC)(CCCOc1cc(F)cc(F)c1)C(=O)O. The molecule has 118 valence electrons. The topological polar surface area (TPSA) is 58.6 Å². The van der Waals surface area contributed by atoms with Crippen LogP contribution in [0.15, 0.2) is 18.2 Å². The van der Waals surface area contributed by atoms with Gasteiger partial charge in [-0.3, -0.25) is 4.79 Å². The van der Waals surface area contributed by atoms with Gasteiger partial charge in [-0.15, -0.1) is 0 Å². The van der Waals surface area contributed by atoms with Gasteiger partial charge in [0.25, 0.3) is 0 Å². The molecular formula is C15H21F2NO3. The molecule has 0 aromatic heterocycles. The number of benzene rings is 1. The van der Waals surface area contributed by atoms with E-state index >= 15 is 0 Å². The van der Waals surface area contributed by atoms with E-state index in [0.717, 1.165) is 18.2 Å². The minimum absolute atomic E-state index is 0.105. The van der Waals surface area contributed by atoms with Crippen LogP contribution < -0.4 is 10.1 Å². The summed E-state index contributed by atoms with van der Waals surface area (Å²) in [5.74, 6) is -2.20. The highest BCUT2D eigenvalue weighted by Crippen LogP contribution is 2.20. The van der Waals surface area contributed by atoms with Gasteiger partial charge in [0.1, 0.15) is 22.9 Å². The molecule has 0 fully saturated rings. The van der Waals surface area contributed by atoms with Crippen molar-refractivity contribution in [3.05, 3.63) is 29.8 Å². The van der Waals surface area contributed by atoms with Gasteiger partial charge in [0.15, 0.2) is 0 Å². The number of rotatable bonds is 9. The summed E-state index contributed by atoms with van der Waals surface area (Å²) < 4.78 is 31.2. The summed E-state index contributed by atoms with van der Waals surface area (Å²) >= 11 is 0. The van der Waals surface area contributed by atoms with Gasteiger partial charge in [-0.2, -0.15) is 0 Å². The lowest BCUT2D eigenvalue weighted by Crippen LogP contribution is -2.51. The van der Waals surface area contributed by atoms with E-state index in [1.165, 1.54) is 0 Å². The van der Waals surface area contributed by atoms with Crippen LogP contribution in [0.5, 0.6) is 5.75 Å². The average Bonchev–Trinajstić information content (AvgIpc) is 2.41. The first-order chi connectivity index (χ1) is 9.93. The molecule has 0 saturated carbocycles. The number of halogens is 2. The van der Waals surface area contributed by atoms with Gasteiger partial charge in [0.05, 0.1) is 6.61 Å². The summed E-state index contributed by atoms with van der Waals surface area (Å²) in [7, 11) is 0. The lowest BCUT2D eigenvalue weighted by Gasteiger charge is -2.29. The highest BCUT2D eigenvalue weighted by Gasteiger charge is 2.34. The van der Waals surface area contributed by atoms with Gasteiger partial charge in [0, 0.05) is 18.2 Å². The number of hydrogen-bond acceptors (Lipinski definition) is 3. The molecule has 1 unspecified atom stereocenters. The zero-order valence-electron chi connectivity index (χ0n) is 12.3. The zero-order valence-corrected chi connectivity index (χ0v) is 12.3. The van der Waals surface area contributed by atoms with Crippen molar-refractivity contribution >= 4 is 5.97 Å². The molecule has 1 aromatic carbocycles. The van der Waals surface area contributed by atoms with E-state index in [2.05, 4.69) is 5.32 Å². The summed E-state index contributed by atoms with van der Waals surface area (Å²) in [5, 5.41) is 12.3. The minimum atomic E-state index is -0.981. The summed E-state index contributed by atoms with van der Waals surface area (Å²) in [6.45, 7) is 4.40. The van der Waals surface area contributed by atoms with E-state index in [4.69, 9.17) is 4.74 Å². The molecule has 0 aliphatic carbocycles. The van der Waals surface area contributed by atoms with Crippen LogP contribution in [0, 0.1) is 11.6 Å². The lowest BCUT2D eigenvalue weighted by molar-refractivity contribution is -0.145. The van der Waals surface area contributed by atoms with E-state index in [1.54, 1.807) is 6.92 Å². The largest absolute Gasteiger partial charge is 0.493 e. The van der Waals surface area contributed by atoms with Crippen molar-refractivity contribution in [2.24, 2.45) is 0 Å². The third-order valence-corrected chi connectivity index (χ3v) is 3.38. The number of carboxylic acids is 1. The maximum absolute atomic E-state index is 13.0. The maximum atomic E-state index is 13.0. The van der Waals surface area contributed by atoms with Crippen molar-refractivity contribution in [1.82, 2.24) is 5.32 Å². The smallest absolute Gasteiger partial charge is 0.323 e. The van der Waals surface area contributed by atoms with Crippen LogP contribution >= 0.6 is 0 Å². The second kappa shape index (κ2) is 7.93. The first-order valence-corrected chi connectivity index (χ1v) is 7.01. The van der Waals surface area contributed by atoms with Crippen LogP contribution in [0.3, 0.4) is 0 Å². The Hall–Kier alpha value is -1.69. The van der Waals surface area contributed by atoms with Crippen molar-refractivity contribution in [1.29, 1.82) is 0 Å². The molecule has 0 spiro atoms. The number of aliphatic carboxylic acids is 1. The van der Waals surface area contributed by atoms with Gasteiger partial charge in [-0.05, 0) is 25.8 Å². The van der Waals surface area contributed by atoms with Crippen molar-refractivity contribution in [2.75, 3.05) is 13.2 Å². The highest BCUT2D eigenvalue weighted by molar-refractivity contribution is 5.78. The Morgan fingerprint density at radius 3 is 2.38 bits per heavy atom. The number of carbonyl (C=O) groups is 1. The second-order valence-electron chi connectivity index (χ2n) is 4.83. The van der Waals surface area contributed by atoms with Crippen LogP contribution in [-0.4, -0.2) is 29.8 Å². The number of hydrogen-bond donors (Lipinski definition) is 2. The fourth-order valence-corrected chi connectivity index (χ4v) is 2.24. The fraction of sp³-hybridized carbons (Fsp3) is 0.533. The predicted octanol–water partition coefficient (Wildman–Crippen LogP) is 2.97. The highest BCUT2D eigenvalue weighted by atomic mass is 19.1. The molecule has 0 radical (unpaired) electrons. The molecule has 1 atom stereocenters. The Kier molecular flexibility index (Phi) is 6.55. The van der Waals surface area contributed by atoms with Gasteiger partial charge in [0.2, 0.25) is 0 Å². The molecule has 0 amide bonds. The normalized spacial score (nSPS) is 13.7. The van der Waals surface area contributed by atoms with Gasteiger partial charge >= 0.3 is 5.97 Å². The van der Waals surface area contributed by atoms with Crippen LogP contribution in [0.25, 0.3) is 0 Å². The standard InChI is InChI=1S/C15H21F2NO3/c1-3-15(14(19)20,18-4-2)6-5-7-21-13-9-11(16)8-12(17)10-13/h8-10,18H,3-7H2,1-2H3,(H,19,20). The van der Waals surface area contributed by atoms with Crippen molar-refractivity contribution in [3.8, 4) is 5.75 Å². The first-order valence-electron chi connectivity index (χ1n) is 7.01. The number of ether oxygens (including phenoxy) is 1. The Balaban J connectivity index is 2.53. The molecule has 2 N–H and O–H groups in total. The summed E-state index contributed by atoms with van der Waals surface area (Å²) in [4.78, 5) is 11.4. The molecule has 0 bridgehead atoms. The quantitative estimate of drug-likeness (QED) is 0.689. The van der Waals surface area contributed by atoms with Crippen molar-refractivity contribution < 1.29 is 23.4 Å². The molecule has 1 rings (SSSR count). The Labute approximate surface area is 123 Å². The van der Waals surface area contributed by atoms with E-state index in [1.807, 2.05) is 6.92 Å². The van der Waals surface area contributed by atoms with Crippen LogP contribution in [0.4, 0.5) is 8.78 Å². The molecule has 0 aliphatic rings. The summed E-state index contributed by atoms with van der Waals surface area (Å²) in [6, 6.07) is 2.96. The average molecular weight is 301 g/mol. The fourth-order valence-electron chi connectivity index (χ4n) is 2.24. The molecule has 0 heterocycles. The molecule has 0 saturated heterocycles. The Morgan fingerprint density at radius 1 is 1.29 bits per heavy atom. The number of nitrogens with one attached hydrogen (secondary N) is 1. The lowest BCUT2D eigenvalue weighted by atomic mass is 9.90. The van der Waals surface area contributed by atoms with Crippen LogP contribution in [0.1, 0.15) is 33.1 Å².